The number of rotatable bonds is 2. The molecule has 0 saturated carbocycles. The third-order valence-corrected chi connectivity index (χ3v) is 2.03. The van der Waals surface area contributed by atoms with Crippen LogP contribution < -0.4 is 10.6 Å². The van der Waals surface area contributed by atoms with Crippen LogP contribution in [0.15, 0.2) is 42.7 Å². The van der Waals surface area contributed by atoms with E-state index in [2.05, 4.69) is 15.4 Å². The van der Waals surface area contributed by atoms with Crippen LogP contribution in [0, 0.1) is 0 Å². The lowest BCUT2D eigenvalue weighted by Gasteiger charge is -2.09. The SMILES string of the molecule is O=C(Nc1ccccc1)NC1C=COC1=O. The molecule has 5 nitrogen and oxygen atoms in total. The molecule has 2 N–H and O–H groups in total. The molecule has 5 heteroatoms. The van der Waals surface area contributed by atoms with Crippen LogP contribution in [0.3, 0.4) is 0 Å². The molecule has 1 unspecified atom stereocenters. The lowest BCUT2D eigenvalue weighted by atomic mass is 10.3. The van der Waals surface area contributed by atoms with Crippen molar-refractivity contribution in [3.8, 4) is 0 Å². The van der Waals surface area contributed by atoms with Gasteiger partial charge in [0.05, 0.1) is 6.26 Å². The molecule has 1 heterocycles. The second-order valence-corrected chi connectivity index (χ2v) is 3.21. The van der Waals surface area contributed by atoms with Crippen molar-refractivity contribution >= 4 is 17.7 Å². The number of urea groups is 1. The summed E-state index contributed by atoms with van der Waals surface area (Å²) in [6.45, 7) is 0. The highest BCUT2D eigenvalue weighted by Gasteiger charge is 2.23. The number of nitrogens with one attached hydrogen (secondary N) is 2. The Morgan fingerprint density at radius 1 is 1.25 bits per heavy atom. The van der Waals surface area contributed by atoms with Gasteiger partial charge in [-0.15, -0.1) is 0 Å². The molecule has 1 aromatic rings. The molecular formula is C11H10N2O3. The highest BCUT2D eigenvalue weighted by atomic mass is 16.5. The maximum absolute atomic E-state index is 11.5. The first-order chi connectivity index (χ1) is 7.75. The fourth-order valence-electron chi connectivity index (χ4n) is 1.27. The quantitative estimate of drug-likeness (QED) is 0.734. The number of hydrogen-bond donors (Lipinski definition) is 2. The zero-order chi connectivity index (χ0) is 11.4. The van der Waals surface area contributed by atoms with E-state index < -0.39 is 18.0 Å². The first kappa shape index (κ1) is 10.2. The summed E-state index contributed by atoms with van der Waals surface area (Å²) in [6.07, 6.45) is 2.74. The van der Waals surface area contributed by atoms with Crippen molar-refractivity contribution in [3.63, 3.8) is 0 Å². The summed E-state index contributed by atoms with van der Waals surface area (Å²) >= 11 is 0. The molecule has 0 saturated heterocycles. The van der Waals surface area contributed by atoms with Gasteiger partial charge in [-0.05, 0) is 18.2 Å². The summed E-state index contributed by atoms with van der Waals surface area (Å²) in [5.41, 5.74) is 0.662. The molecule has 0 bridgehead atoms. The molecular weight excluding hydrogens is 208 g/mol. The van der Waals surface area contributed by atoms with Gasteiger partial charge in [-0.2, -0.15) is 0 Å². The van der Waals surface area contributed by atoms with Crippen LogP contribution in [-0.2, 0) is 9.53 Å². The van der Waals surface area contributed by atoms with Crippen molar-refractivity contribution in [3.05, 3.63) is 42.7 Å². The van der Waals surface area contributed by atoms with E-state index in [1.165, 1.54) is 12.3 Å². The Morgan fingerprint density at radius 3 is 2.62 bits per heavy atom. The fraction of sp³-hybridized carbons (Fsp3) is 0.0909. The summed E-state index contributed by atoms with van der Waals surface area (Å²) in [5.74, 6) is -0.483. The fourth-order valence-corrected chi connectivity index (χ4v) is 1.27. The van der Waals surface area contributed by atoms with Crippen molar-refractivity contribution in [2.24, 2.45) is 0 Å². The van der Waals surface area contributed by atoms with Gasteiger partial charge >= 0.3 is 12.0 Å². The van der Waals surface area contributed by atoms with Crippen LogP contribution >= 0.6 is 0 Å². The number of carbonyl (C=O) groups is 2. The molecule has 0 radical (unpaired) electrons. The van der Waals surface area contributed by atoms with Crippen LogP contribution in [0.5, 0.6) is 0 Å². The number of benzene rings is 1. The Kier molecular flexibility index (Phi) is 2.86. The van der Waals surface area contributed by atoms with Gasteiger partial charge in [-0.3, -0.25) is 0 Å². The second kappa shape index (κ2) is 4.48. The number of amides is 2. The third kappa shape index (κ3) is 2.38. The molecule has 82 valence electrons. The molecule has 1 aliphatic rings. The van der Waals surface area contributed by atoms with Gasteiger partial charge in [0.1, 0.15) is 0 Å². The standard InChI is InChI=1S/C11H10N2O3/c14-10-9(6-7-16-10)13-11(15)12-8-4-2-1-3-5-8/h1-7,9H,(H2,12,13,15). The Bertz CT molecular complexity index is 428. The van der Waals surface area contributed by atoms with Crippen LogP contribution in [0.1, 0.15) is 0 Å². The van der Waals surface area contributed by atoms with Gasteiger partial charge < -0.3 is 15.4 Å². The van der Waals surface area contributed by atoms with E-state index in [0.717, 1.165) is 0 Å². The van der Waals surface area contributed by atoms with E-state index in [-0.39, 0.29) is 0 Å². The van der Waals surface area contributed by atoms with Crippen molar-refractivity contribution in [1.82, 2.24) is 5.32 Å². The summed E-state index contributed by atoms with van der Waals surface area (Å²) in [6, 6.07) is 7.81. The maximum Gasteiger partial charge on any atom is 0.337 e. The number of cyclic esters (lactones) is 1. The lowest BCUT2D eigenvalue weighted by molar-refractivity contribution is -0.136. The van der Waals surface area contributed by atoms with Crippen LogP contribution in [-0.4, -0.2) is 18.0 Å². The summed E-state index contributed by atoms with van der Waals surface area (Å²) in [4.78, 5) is 22.5. The van der Waals surface area contributed by atoms with E-state index in [0.29, 0.717) is 5.69 Å². The van der Waals surface area contributed by atoms with E-state index >= 15 is 0 Å². The topological polar surface area (TPSA) is 67.4 Å². The normalized spacial score (nSPS) is 18.0. The van der Waals surface area contributed by atoms with Crippen molar-refractivity contribution in [1.29, 1.82) is 0 Å². The number of para-hydroxylation sites is 1. The number of hydrogen-bond acceptors (Lipinski definition) is 3. The van der Waals surface area contributed by atoms with Gasteiger partial charge in [-0.1, -0.05) is 18.2 Å². The minimum atomic E-state index is -0.705. The monoisotopic (exact) mass is 218 g/mol. The average Bonchev–Trinajstić information content (AvgIpc) is 2.66. The lowest BCUT2D eigenvalue weighted by Crippen LogP contribution is -2.40. The number of ether oxygens (including phenoxy) is 1. The van der Waals surface area contributed by atoms with Crippen molar-refractivity contribution < 1.29 is 14.3 Å². The van der Waals surface area contributed by atoms with Crippen molar-refractivity contribution in [2.75, 3.05) is 5.32 Å². The van der Waals surface area contributed by atoms with E-state index in [4.69, 9.17) is 0 Å². The van der Waals surface area contributed by atoms with Crippen LogP contribution in [0.2, 0.25) is 0 Å². The van der Waals surface area contributed by atoms with Gasteiger partial charge in [-0.25, -0.2) is 9.59 Å². The third-order valence-electron chi connectivity index (χ3n) is 2.03. The van der Waals surface area contributed by atoms with E-state index in [1.807, 2.05) is 6.07 Å². The highest BCUT2D eigenvalue weighted by Crippen LogP contribution is 2.06. The maximum atomic E-state index is 11.5. The summed E-state index contributed by atoms with van der Waals surface area (Å²) in [7, 11) is 0. The van der Waals surface area contributed by atoms with E-state index in [9.17, 15) is 9.59 Å². The Labute approximate surface area is 92.1 Å². The molecule has 16 heavy (non-hydrogen) atoms. The number of esters is 1. The van der Waals surface area contributed by atoms with Gasteiger partial charge in [0.15, 0.2) is 6.04 Å². The molecule has 1 aromatic carbocycles. The largest absolute Gasteiger partial charge is 0.433 e. The smallest absolute Gasteiger partial charge is 0.337 e. The Morgan fingerprint density at radius 2 is 2.00 bits per heavy atom. The molecule has 2 amide bonds. The first-order valence-corrected chi connectivity index (χ1v) is 4.75. The number of anilines is 1. The predicted octanol–water partition coefficient (Wildman–Crippen LogP) is 1.25. The zero-order valence-corrected chi connectivity index (χ0v) is 8.34. The second-order valence-electron chi connectivity index (χ2n) is 3.21. The summed E-state index contributed by atoms with van der Waals surface area (Å²) in [5, 5.41) is 5.06. The minimum Gasteiger partial charge on any atom is -0.433 e. The molecule has 1 atom stereocenters. The minimum absolute atomic E-state index is 0.445. The van der Waals surface area contributed by atoms with Crippen LogP contribution in [0.4, 0.5) is 10.5 Å². The van der Waals surface area contributed by atoms with Gasteiger partial charge in [0, 0.05) is 5.69 Å². The van der Waals surface area contributed by atoms with E-state index in [1.54, 1.807) is 24.3 Å². The van der Waals surface area contributed by atoms with Crippen LogP contribution in [0.25, 0.3) is 0 Å². The molecule has 2 rings (SSSR count). The zero-order valence-electron chi connectivity index (χ0n) is 8.34. The van der Waals surface area contributed by atoms with Gasteiger partial charge in [0.25, 0.3) is 0 Å². The molecule has 0 aliphatic carbocycles. The Hall–Kier alpha value is -2.30. The number of carbonyl (C=O) groups excluding carboxylic acids is 2. The van der Waals surface area contributed by atoms with Gasteiger partial charge in [0.2, 0.25) is 0 Å². The Balaban J connectivity index is 1.90. The molecule has 0 spiro atoms. The van der Waals surface area contributed by atoms with Crippen molar-refractivity contribution in [2.45, 2.75) is 6.04 Å². The molecule has 0 fully saturated rings. The molecule has 1 aliphatic heterocycles. The first-order valence-electron chi connectivity index (χ1n) is 4.75. The average molecular weight is 218 g/mol. The highest BCUT2D eigenvalue weighted by molar-refractivity contribution is 5.93. The predicted molar refractivity (Wildman–Crippen MR) is 57.6 cm³/mol. The molecule has 0 aromatic heterocycles. The summed E-state index contributed by atoms with van der Waals surface area (Å²) < 4.78 is 4.55.